The number of aliphatic hydroxyl groups excluding tert-OH is 1. The SMILES string of the molecule is CC1(C)OC2CC(=O)OC[C@@]23C1=C(O)C(=O)[C@]1(C)[C@@H]3CC[C@@]2(C)C(c3ccoc3)OC(=O)C3O[C@]321. The van der Waals surface area contributed by atoms with Crippen LogP contribution < -0.4 is 0 Å². The monoisotopic (exact) mass is 484 g/mol. The van der Waals surface area contributed by atoms with Gasteiger partial charge in [0, 0.05) is 16.6 Å². The highest BCUT2D eigenvalue weighted by molar-refractivity contribution is 6.03. The average molecular weight is 485 g/mol. The Labute approximate surface area is 201 Å². The predicted molar refractivity (Wildman–Crippen MR) is 116 cm³/mol. The third-order valence-electron chi connectivity index (χ3n) is 10.2. The molecule has 0 aromatic carbocycles. The predicted octanol–water partition coefficient (Wildman–Crippen LogP) is 2.94. The molecule has 4 saturated heterocycles. The highest BCUT2D eigenvalue weighted by atomic mass is 16.7. The Morgan fingerprint density at radius 2 is 1.83 bits per heavy atom. The van der Waals surface area contributed by atoms with E-state index in [9.17, 15) is 19.5 Å². The van der Waals surface area contributed by atoms with Crippen LogP contribution in [0.4, 0.5) is 0 Å². The summed E-state index contributed by atoms with van der Waals surface area (Å²) in [4.78, 5) is 39.7. The van der Waals surface area contributed by atoms with Crippen molar-refractivity contribution in [3.05, 3.63) is 35.5 Å². The molecule has 0 radical (unpaired) electrons. The molecule has 1 aromatic heterocycles. The van der Waals surface area contributed by atoms with E-state index in [2.05, 4.69) is 0 Å². The smallest absolute Gasteiger partial charge is 0.339 e. The fourth-order valence-corrected chi connectivity index (χ4v) is 8.96. The first-order valence-corrected chi connectivity index (χ1v) is 12.2. The van der Waals surface area contributed by atoms with Crippen LogP contribution >= 0.6 is 0 Å². The second kappa shape index (κ2) is 6.00. The zero-order valence-corrected chi connectivity index (χ0v) is 20.1. The summed E-state index contributed by atoms with van der Waals surface area (Å²) in [7, 11) is 0. The maximum Gasteiger partial charge on any atom is 0.339 e. The number of furan rings is 1. The number of ketones is 1. The van der Waals surface area contributed by atoms with Crippen LogP contribution in [0.1, 0.15) is 58.6 Å². The number of hydrogen-bond donors (Lipinski definition) is 1. The standard InChI is InChI=1S/C26H28O9/c1-22(2)17-16(28)18(29)24(4)13(25(17)11-32-15(27)9-14(25)34-22)5-7-23(3)19(12-6-8-31-10-12)33-21(30)20-26(23,24)35-20/h6,8,10,13-14,19-20,28H,5,7,9,11H2,1-4H3/t13-,14?,19?,20?,23-,24-,25-,26+/m0/s1. The molecule has 1 saturated carbocycles. The van der Waals surface area contributed by atoms with Crippen molar-refractivity contribution in [2.45, 2.75) is 76.5 Å². The number of hydrogen-bond acceptors (Lipinski definition) is 9. The maximum atomic E-state index is 14.3. The molecule has 8 atom stereocenters. The average Bonchev–Trinajstić information content (AvgIpc) is 3.26. The molecule has 6 aliphatic rings. The van der Waals surface area contributed by atoms with E-state index in [1.54, 1.807) is 12.3 Å². The van der Waals surface area contributed by atoms with E-state index < -0.39 is 57.5 Å². The highest BCUT2D eigenvalue weighted by Crippen LogP contribution is 2.79. The summed E-state index contributed by atoms with van der Waals surface area (Å²) in [6.45, 7) is 7.44. The van der Waals surface area contributed by atoms with E-state index in [0.29, 0.717) is 24.0 Å². The first kappa shape index (κ1) is 21.6. The molecular weight excluding hydrogens is 456 g/mol. The van der Waals surface area contributed by atoms with Gasteiger partial charge >= 0.3 is 11.9 Å². The van der Waals surface area contributed by atoms with Gasteiger partial charge in [-0.2, -0.15) is 0 Å². The maximum absolute atomic E-state index is 14.3. The number of allylic oxidation sites excluding steroid dienone is 1. The van der Waals surface area contributed by atoms with Gasteiger partial charge in [0.15, 0.2) is 11.9 Å². The Kier molecular flexibility index (Phi) is 3.71. The van der Waals surface area contributed by atoms with Gasteiger partial charge in [0.1, 0.15) is 18.3 Å². The minimum Gasteiger partial charge on any atom is -0.504 e. The number of carbonyl (C=O) groups excluding carboxylic acids is 3. The minimum atomic E-state index is -1.27. The summed E-state index contributed by atoms with van der Waals surface area (Å²) >= 11 is 0. The second-order valence-corrected chi connectivity index (χ2v) is 11.9. The van der Waals surface area contributed by atoms with Crippen molar-refractivity contribution < 1.29 is 42.9 Å². The summed E-state index contributed by atoms with van der Waals surface area (Å²) in [5.74, 6) is -2.07. The van der Waals surface area contributed by atoms with Gasteiger partial charge < -0.3 is 28.5 Å². The topological polar surface area (TPSA) is 125 Å². The van der Waals surface area contributed by atoms with E-state index in [4.69, 9.17) is 23.4 Å². The third-order valence-corrected chi connectivity index (χ3v) is 10.2. The Morgan fingerprint density at radius 1 is 1.06 bits per heavy atom. The second-order valence-electron chi connectivity index (χ2n) is 11.9. The van der Waals surface area contributed by atoms with Gasteiger partial charge in [0.05, 0.1) is 41.5 Å². The van der Waals surface area contributed by atoms with Crippen LogP contribution in [0.2, 0.25) is 0 Å². The van der Waals surface area contributed by atoms with Crippen LogP contribution in [0.3, 0.4) is 0 Å². The molecule has 9 heteroatoms. The molecule has 1 N–H and O–H groups in total. The molecule has 7 rings (SSSR count). The number of aliphatic hydroxyl groups is 1. The van der Waals surface area contributed by atoms with Crippen LogP contribution in [0.5, 0.6) is 0 Å². The van der Waals surface area contributed by atoms with Gasteiger partial charge in [-0.1, -0.05) is 6.92 Å². The van der Waals surface area contributed by atoms with E-state index >= 15 is 0 Å². The van der Waals surface area contributed by atoms with Crippen molar-refractivity contribution in [3.8, 4) is 0 Å². The molecule has 9 nitrogen and oxygen atoms in total. The summed E-state index contributed by atoms with van der Waals surface area (Å²) in [5, 5.41) is 11.5. The highest BCUT2D eigenvalue weighted by Gasteiger charge is 2.90. The Balaban J connectivity index is 1.47. The molecule has 5 heterocycles. The van der Waals surface area contributed by atoms with Crippen molar-refractivity contribution >= 4 is 17.7 Å². The van der Waals surface area contributed by atoms with Crippen molar-refractivity contribution in [3.63, 3.8) is 0 Å². The number of fused-ring (bicyclic) bond motifs is 1. The number of epoxide rings is 1. The fraction of sp³-hybridized carbons (Fsp3) is 0.654. The van der Waals surface area contributed by atoms with Crippen LogP contribution in [-0.4, -0.2) is 52.8 Å². The molecule has 35 heavy (non-hydrogen) atoms. The summed E-state index contributed by atoms with van der Waals surface area (Å²) in [6.07, 6.45) is 2.15. The van der Waals surface area contributed by atoms with Gasteiger partial charge in [-0.05, 0) is 45.6 Å². The normalized spacial score (nSPS) is 49.2. The van der Waals surface area contributed by atoms with Crippen LogP contribution in [0, 0.1) is 22.2 Å². The first-order valence-electron chi connectivity index (χ1n) is 12.2. The molecule has 3 unspecified atom stereocenters. The van der Waals surface area contributed by atoms with Crippen molar-refractivity contribution in [2.24, 2.45) is 22.2 Å². The largest absolute Gasteiger partial charge is 0.504 e. The molecule has 2 aliphatic carbocycles. The zero-order valence-electron chi connectivity index (χ0n) is 20.1. The molecule has 0 bridgehead atoms. The van der Waals surface area contributed by atoms with Gasteiger partial charge in [-0.15, -0.1) is 0 Å². The fourth-order valence-electron chi connectivity index (χ4n) is 8.96. The number of carbonyl (C=O) groups is 3. The first-order chi connectivity index (χ1) is 16.4. The Morgan fingerprint density at radius 3 is 2.54 bits per heavy atom. The van der Waals surface area contributed by atoms with Gasteiger partial charge in [0.25, 0.3) is 0 Å². The molecule has 186 valence electrons. The molecule has 4 aliphatic heterocycles. The lowest BCUT2D eigenvalue weighted by molar-refractivity contribution is -0.212. The molecule has 1 aromatic rings. The van der Waals surface area contributed by atoms with Gasteiger partial charge in [-0.25, -0.2) is 4.79 Å². The van der Waals surface area contributed by atoms with Crippen LogP contribution in [0.15, 0.2) is 34.3 Å². The summed E-state index contributed by atoms with van der Waals surface area (Å²) < 4.78 is 29.4. The van der Waals surface area contributed by atoms with E-state index in [0.717, 1.165) is 0 Å². The van der Waals surface area contributed by atoms with E-state index in [1.165, 1.54) is 6.26 Å². The van der Waals surface area contributed by atoms with Crippen molar-refractivity contribution in [1.82, 2.24) is 0 Å². The summed E-state index contributed by atoms with van der Waals surface area (Å²) in [6, 6.07) is 1.76. The van der Waals surface area contributed by atoms with E-state index in [1.807, 2.05) is 27.7 Å². The quantitative estimate of drug-likeness (QED) is 0.473. The number of Topliss-reactive ketones (excluding diaryl/α,β-unsaturated/α-hetero) is 1. The molecule has 0 amide bonds. The summed E-state index contributed by atoms with van der Waals surface area (Å²) in [5.41, 5.74) is -3.85. The third kappa shape index (κ3) is 2.07. The van der Waals surface area contributed by atoms with Gasteiger partial charge in [0.2, 0.25) is 5.78 Å². The van der Waals surface area contributed by atoms with Crippen molar-refractivity contribution in [1.29, 1.82) is 0 Å². The van der Waals surface area contributed by atoms with Gasteiger partial charge in [-0.3, -0.25) is 9.59 Å². The number of cyclic esters (lactones) is 2. The molecular formula is C26H28O9. The number of rotatable bonds is 1. The lowest BCUT2D eigenvalue weighted by Gasteiger charge is -2.63. The lowest BCUT2D eigenvalue weighted by Crippen LogP contribution is -2.71. The zero-order chi connectivity index (χ0) is 24.8. The van der Waals surface area contributed by atoms with Crippen LogP contribution in [-0.2, 0) is 33.3 Å². The Hall–Kier alpha value is -2.65. The molecule has 2 spiro atoms. The molecule has 5 fully saturated rings. The number of esters is 2. The van der Waals surface area contributed by atoms with Crippen molar-refractivity contribution in [2.75, 3.05) is 6.61 Å². The minimum absolute atomic E-state index is 0.0138. The lowest BCUT2D eigenvalue weighted by atomic mass is 9.39. The number of ether oxygens (including phenoxy) is 4. The Bertz CT molecular complexity index is 1230. The van der Waals surface area contributed by atoms with Crippen LogP contribution in [0.25, 0.3) is 0 Å². The van der Waals surface area contributed by atoms with E-state index in [-0.39, 0.29) is 30.7 Å².